The molecule has 94 valence electrons. The van der Waals surface area contributed by atoms with Gasteiger partial charge in [-0.15, -0.1) is 0 Å². The maximum atomic E-state index is 13.6. The molecule has 0 aliphatic heterocycles. The third-order valence-electron chi connectivity index (χ3n) is 2.61. The van der Waals surface area contributed by atoms with Crippen LogP contribution >= 0.6 is 34.2 Å². The Morgan fingerprint density at radius 2 is 1.72 bits per heavy atom. The second-order valence-corrected chi connectivity index (χ2v) is 5.36. The van der Waals surface area contributed by atoms with E-state index in [1.54, 1.807) is 18.2 Å². The van der Waals surface area contributed by atoms with Crippen molar-refractivity contribution in [2.75, 3.05) is 0 Å². The molecular weight excluding hydrogens is 371 g/mol. The monoisotopic (exact) mass is 379 g/mol. The van der Waals surface area contributed by atoms with E-state index in [2.05, 4.69) is 22.6 Å². The van der Waals surface area contributed by atoms with Gasteiger partial charge in [-0.1, -0.05) is 23.7 Å². The molecule has 0 radical (unpaired) electrons. The van der Waals surface area contributed by atoms with E-state index in [0.717, 1.165) is 3.57 Å². The predicted molar refractivity (Wildman–Crippen MR) is 76.6 cm³/mol. The van der Waals surface area contributed by atoms with E-state index in [0.29, 0.717) is 10.6 Å². The highest BCUT2D eigenvalue weighted by Crippen LogP contribution is 2.28. The number of halogens is 4. The van der Waals surface area contributed by atoms with Crippen LogP contribution in [-0.4, -0.2) is 0 Å². The van der Waals surface area contributed by atoms with Gasteiger partial charge in [0.2, 0.25) is 0 Å². The first-order chi connectivity index (χ1) is 8.50. The lowest BCUT2D eigenvalue weighted by Gasteiger charge is -2.15. The third-order valence-corrected chi connectivity index (χ3v) is 4.19. The number of benzene rings is 2. The molecule has 0 bridgehead atoms. The van der Waals surface area contributed by atoms with E-state index < -0.39 is 17.7 Å². The minimum absolute atomic E-state index is 0.144. The molecule has 18 heavy (non-hydrogen) atoms. The summed E-state index contributed by atoms with van der Waals surface area (Å²) < 4.78 is 28.1. The molecule has 0 aromatic heterocycles. The van der Waals surface area contributed by atoms with Gasteiger partial charge in [0.15, 0.2) is 0 Å². The maximum Gasteiger partial charge on any atom is 0.131 e. The van der Waals surface area contributed by atoms with E-state index >= 15 is 0 Å². The van der Waals surface area contributed by atoms with E-state index in [1.807, 2.05) is 0 Å². The van der Waals surface area contributed by atoms with E-state index in [9.17, 15) is 8.78 Å². The molecule has 2 N–H and O–H groups in total. The van der Waals surface area contributed by atoms with Gasteiger partial charge in [-0.3, -0.25) is 0 Å². The highest BCUT2D eigenvalue weighted by Gasteiger charge is 2.18. The fraction of sp³-hybridized carbons (Fsp3) is 0.0769. The summed E-state index contributed by atoms with van der Waals surface area (Å²) in [4.78, 5) is 0. The summed E-state index contributed by atoms with van der Waals surface area (Å²) in [7, 11) is 0. The Morgan fingerprint density at radius 1 is 1.11 bits per heavy atom. The highest BCUT2D eigenvalue weighted by molar-refractivity contribution is 14.1. The predicted octanol–water partition coefficient (Wildman–Crippen LogP) is 4.27. The molecule has 0 heterocycles. The van der Waals surface area contributed by atoms with Crippen LogP contribution in [0.2, 0.25) is 5.02 Å². The Balaban J connectivity index is 2.48. The van der Waals surface area contributed by atoms with Crippen molar-refractivity contribution >= 4 is 34.2 Å². The van der Waals surface area contributed by atoms with Gasteiger partial charge >= 0.3 is 0 Å². The van der Waals surface area contributed by atoms with Gasteiger partial charge in [0, 0.05) is 9.13 Å². The van der Waals surface area contributed by atoms with E-state index in [1.165, 1.54) is 18.2 Å². The average molecular weight is 380 g/mol. The van der Waals surface area contributed by atoms with E-state index in [4.69, 9.17) is 17.3 Å². The molecule has 2 rings (SSSR count). The maximum absolute atomic E-state index is 13.6. The van der Waals surface area contributed by atoms with Crippen molar-refractivity contribution in [1.82, 2.24) is 0 Å². The molecular formula is C13H9ClF2IN. The first-order valence-electron chi connectivity index (χ1n) is 5.15. The van der Waals surface area contributed by atoms with Crippen molar-refractivity contribution in [1.29, 1.82) is 0 Å². The number of hydrogen-bond donors (Lipinski definition) is 1. The summed E-state index contributed by atoms with van der Waals surface area (Å²) >= 11 is 8.05. The van der Waals surface area contributed by atoms with Crippen molar-refractivity contribution < 1.29 is 8.78 Å². The van der Waals surface area contributed by atoms with Crippen molar-refractivity contribution in [3.8, 4) is 0 Å². The zero-order chi connectivity index (χ0) is 13.3. The SMILES string of the molecule is NC(c1ccc(I)c(Cl)c1)c1c(F)cccc1F. The summed E-state index contributed by atoms with van der Waals surface area (Å²) in [6.07, 6.45) is 0. The minimum Gasteiger partial charge on any atom is -0.320 e. The third kappa shape index (κ3) is 2.65. The molecule has 5 heteroatoms. The molecule has 0 saturated carbocycles. The molecule has 1 unspecified atom stereocenters. The second-order valence-electron chi connectivity index (χ2n) is 3.79. The minimum atomic E-state index is -0.874. The van der Waals surface area contributed by atoms with Crippen LogP contribution in [0, 0.1) is 15.2 Å². The first kappa shape index (κ1) is 13.7. The lowest BCUT2D eigenvalue weighted by molar-refractivity contribution is 0.543. The van der Waals surface area contributed by atoms with Gasteiger partial charge in [-0.25, -0.2) is 8.78 Å². The molecule has 1 nitrogen and oxygen atoms in total. The van der Waals surface area contributed by atoms with Crippen LogP contribution in [0.5, 0.6) is 0 Å². The zero-order valence-electron chi connectivity index (χ0n) is 9.13. The van der Waals surface area contributed by atoms with Crippen LogP contribution in [0.25, 0.3) is 0 Å². The van der Waals surface area contributed by atoms with Crippen LogP contribution < -0.4 is 5.73 Å². The smallest absolute Gasteiger partial charge is 0.131 e. The van der Waals surface area contributed by atoms with Gasteiger partial charge in [0.05, 0.1) is 11.1 Å². The van der Waals surface area contributed by atoms with Crippen LogP contribution in [0.1, 0.15) is 17.2 Å². The summed E-state index contributed by atoms with van der Waals surface area (Å²) in [5.41, 5.74) is 6.33. The Morgan fingerprint density at radius 3 is 2.28 bits per heavy atom. The summed E-state index contributed by atoms with van der Waals surface area (Å²) in [6.45, 7) is 0. The average Bonchev–Trinajstić information content (AvgIpc) is 2.32. The fourth-order valence-corrected chi connectivity index (χ4v) is 2.20. The molecule has 0 aliphatic rings. The normalized spacial score (nSPS) is 12.5. The van der Waals surface area contributed by atoms with Crippen LogP contribution in [-0.2, 0) is 0 Å². The van der Waals surface area contributed by atoms with Crippen LogP contribution in [0.4, 0.5) is 8.78 Å². The summed E-state index contributed by atoms with van der Waals surface area (Å²) in [5, 5.41) is 0.514. The quantitative estimate of drug-likeness (QED) is 0.775. The van der Waals surface area contributed by atoms with Crippen LogP contribution in [0.15, 0.2) is 36.4 Å². The van der Waals surface area contributed by atoms with Crippen molar-refractivity contribution in [3.63, 3.8) is 0 Å². The number of hydrogen-bond acceptors (Lipinski definition) is 1. The molecule has 2 aromatic carbocycles. The molecule has 0 aliphatic carbocycles. The largest absolute Gasteiger partial charge is 0.320 e. The van der Waals surface area contributed by atoms with Gasteiger partial charge in [-0.05, 0) is 52.4 Å². The molecule has 1 atom stereocenters. The Bertz CT molecular complexity index is 569. The molecule has 0 amide bonds. The molecule has 0 fully saturated rings. The van der Waals surface area contributed by atoms with Crippen LogP contribution in [0.3, 0.4) is 0 Å². The standard InChI is InChI=1S/C13H9ClF2IN/c14-8-6-7(4-5-11(8)17)13(18)12-9(15)2-1-3-10(12)16/h1-6,13H,18H2. The van der Waals surface area contributed by atoms with Gasteiger partial charge < -0.3 is 5.73 Å². The lowest BCUT2D eigenvalue weighted by Crippen LogP contribution is -2.15. The van der Waals surface area contributed by atoms with Gasteiger partial charge in [0.25, 0.3) is 0 Å². The fourth-order valence-electron chi connectivity index (χ4n) is 1.68. The summed E-state index contributed by atoms with van der Waals surface area (Å²) in [5.74, 6) is -1.31. The van der Waals surface area contributed by atoms with Gasteiger partial charge in [0.1, 0.15) is 11.6 Å². The molecule has 0 spiro atoms. The van der Waals surface area contributed by atoms with Crippen molar-refractivity contribution in [3.05, 3.63) is 67.8 Å². The zero-order valence-corrected chi connectivity index (χ0v) is 12.0. The Kier molecular flexibility index (Phi) is 4.19. The second kappa shape index (κ2) is 5.50. The van der Waals surface area contributed by atoms with Crippen molar-refractivity contribution in [2.45, 2.75) is 6.04 Å². The lowest BCUT2D eigenvalue weighted by atomic mass is 9.99. The van der Waals surface area contributed by atoms with E-state index in [-0.39, 0.29) is 5.56 Å². The molecule has 0 saturated heterocycles. The first-order valence-corrected chi connectivity index (χ1v) is 6.61. The number of nitrogens with two attached hydrogens (primary N) is 1. The van der Waals surface area contributed by atoms with Crippen molar-refractivity contribution in [2.24, 2.45) is 5.73 Å². The Labute approximate surface area is 122 Å². The molecule has 2 aromatic rings. The Hall–Kier alpha value is -0.720. The highest BCUT2D eigenvalue weighted by atomic mass is 127. The number of rotatable bonds is 2. The topological polar surface area (TPSA) is 26.0 Å². The van der Waals surface area contributed by atoms with Gasteiger partial charge in [-0.2, -0.15) is 0 Å². The summed E-state index contributed by atoms with van der Waals surface area (Å²) in [6, 6.07) is 7.91.